The Hall–Kier alpha value is -0.940. The van der Waals surface area contributed by atoms with Gasteiger partial charge in [-0.3, -0.25) is 9.59 Å². The van der Waals surface area contributed by atoms with E-state index in [2.05, 4.69) is 26.1 Å². The van der Waals surface area contributed by atoms with Crippen molar-refractivity contribution in [1.82, 2.24) is 5.32 Å². The first-order chi connectivity index (χ1) is 18.3. The van der Waals surface area contributed by atoms with Crippen LogP contribution in [0.4, 0.5) is 0 Å². The van der Waals surface area contributed by atoms with Crippen molar-refractivity contribution in [2.45, 2.75) is 144 Å². The molecule has 1 amide bonds. The van der Waals surface area contributed by atoms with Gasteiger partial charge >= 0.3 is 0 Å². The van der Waals surface area contributed by atoms with Crippen LogP contribution >= 0.6 is 0 Å². The Labute approximate surface area is 238 Å². The minimum atomic E-state index is -0.264. The van der Waals surface area contributed by atoms with Crippen molar-refractivity contribution in [3.63, 3.8) is 0 Å². The molecular formula is C34H59NO4. The minimum absolute atomic E-state index is 0.0427. The SMILES string of the molecule is C[C@H](CCC(=O)NCCCCCC(=O)C(C)(C)C)[C@H]1CC[C@H]2[C@@H]3CC[C@@H]4C[C@H](O)CC[C@]4(C)[C@H]3C[C@H](O)[C@]12C. The zero-order chi connectivity index (χ0) is 28.6. The highest BCUT2D eigenvalue weighted by molar-refractivity contribution is 5.83. The van der Waals surface area contributed by atoms with E-state index in [0.29, 0.717) is 60.7 Å². The molecule has 0 aromatic heterocycles. The first kappa shape index (κ1) is 31.0. The molecule has 0 spiro atoms. The van der Waals surface area contributed by atoms with Crippen molar-refractivity contribution in [3.8, 4) is 0 Å². The lowest BCUT2D eigenvalue weighted by Crippen LogP contribution is -2.58. The number of amides is 1. The number of nitrogens with one attached hydrogen (secondary N) is 1. The largest absolute Gasteiger partial charge is 0.393 e. The zero-order valence-corrected chi connectivity index (χ0v) is 25.9. The van der Waals surface area contributed by atoms with Crippen molar-refractivity contribution in [1.29, 1.82) is 0 Å². The summed E-state index contributed by atoms with van der Waals surface area (Å²) in [5.74, 6) is 3.85. The number of Topliss-reactive ketones (excluding diaryl/α,β-unsaturated/α-hetero) is 1. The van der Waals surface area contributed by atoms with Crippen molar-refractivity contribution in [2.75, 3.05) is 6.54 Å². The number of unbranched alkanes of at least 4 members (excludes halogenated alkanes) is 2. The molecule has 4 fully saturated rings. The molecule has 0 aromatic rings. The van der Waals surface area contributed by atoms with Crippen LogP contribution in [0.25, 0.3) is 0 Å². The molecule has 10 atom stereocenters. The molecule has 4 saturated carbocycles. The molecule has 0 heterocycles. The summed E-state index contributed by atoms with van der Waals surface area (Å²) in [7, 11) is 0. The predicted molar refractivity (Wildman–Crippen MR) is 157 cm³/mol. The quantitative estimate of drug-likeness (QED) is 0.267. The molecule has 4 aliphatic rings. The van der Waals surface area contributed by atoms with Crippen LogP contribution in [0, 0.1) is 51.8 Å². The van der Waals surface area contributed by atoms with Crippen LogP contribution in [0.1, 0.15) is 131 Å². The lowest BCUT2D eigenvalue weighted by Gasteiger charge is -2.62. The first-order valence-corrected chi connectivity index (χ1v) is 16.4. The highest BCUT2D eigenvalue weighted by Crippen LogP contribution is 2.68. The molecule has 0 radical (unpaired) electrons. The van der Waals surface area contributed by atoms with Crippen LogP contribution in [0.5, 0.6) is 0 Å². The standard InChI is InChI=1S/C34H59NO4/c1-22(11-16-31(39)35-19-9-7-8-10-29(37)32(2,3)4)26-14-15-27-25-13-12-23-20-24(36)17-18-33(23,5)28(25)21-30(38)34(26,27)6/h22-28,30,36,38H,7-21H2,1-6H3,(H,35,39)/t22-,23-,24-,25+,26-,27+,28+,30+,33+,34-/m1/s1. The summed E-state index contributed by atoms with van der Waals surface area (Å²) < 4.78 is 0. The van der Waals surface area contributed by atoms with Gasteiger partial charge in [-0.2, -0.15) is 0 Å². The van der Waals surface area contributed by atoms with E-state index in [-0.39, 0.29) is 34.4 Å². The molecule has 0 bridgehead atoms. The maximum Gasteiger partial charge on any atom is 0.220 e. The molecule has 5 heteroatoms. The molecule has 3 N–H and O–H groups in total. The van der Waals surface area contributed by atoms with E-state index in [1.54, 1.807) is 0 Å². The zero-order valence-electron chi connectivity index (χ0n) is 25.9. The van der Waals surface area contributed by atoms with Gasteiger partial charge in [0.15, 0.2) is 0 Å². The van der Waals surface area contributed by atoms with Gasteiger partial charge in [-0.05, 0) is 117 Å². The maximum absolute atomic E-state index is 12.6. The number of fused-ring (bicyclic) bond motifs is 5. The number of carbonyl (C=O) groups is 2. The van der Waals surface area contributed by atoms with Gasteiger partial charge in [-0.15, -0.1) is 0 Å². The molecule has 0 saturated heterocycles. The van der Waals surface area contributed by atoms with Gasteiger partial charge in [0.25, 0.3) is 0 Å². The summed E-state index contributed by atoms with van der Waals surface area (Å²) in [6.07, 6.45) is 13.3. The second-order valence-corrected chi connectivity index (χ2v) is 15.7. The molecule has 39 heavy (non-hydrogen) atoms. The molecule has 4 rings (SSSR count). The molecule has 0 aromatic carbocycles. The van der Waals surface area contributed by atoms with Gasteiger partial charge in [-0.25, -0.2) is 0 Å². The fraction of sp³-hybridized carbons (Fsp3) is 0.941. The van der Waals surface area contributed by atoms with Crippen LogP contribution in [-0.4, -0.2) is 40.7 Å². The van der Waals surface area contributed by atoms with Crippen LogP contribution in [0.2, 0.25) is 0 Å². The number of aliphatic hydroxyl groups is 2. The fourth-order valence-electron chi connectivity index (χ4n) is 10.00. The number of hydrogen-bond donors (Lipinski definition) is 3. The van der Waals surface area contributed by atoms with E-state index in [1.807, 2.05) is 20.8 Å². The van der Waals surface area contributed by atoms with E-state index in [1.165, 1.54) is 25.7 Å². The Morgan fingerprint density at radius 2 is 1.67 bits per heavy atom. The van der Waals surface area contributed by atoms with E-state index in [4.69, 9.17) is 0 Å². The molecular weight excluding hydrogens is 486 g/mol. The van der Waals surface area contributed by atoms with Gasteiger partial charge in [0.2, 0.25) is 5.91 Å². The average Bonchev–Trinajstić information content (AvgIpc) is 3.23. The molecule has 0 unspecified atom stereocenters. The number of hydrogen-bond acceptors (Lipinski definition) is 4. The predicted octanol–water partition coefficient (Wildman–Crippen LogP) is 6.69. The lowest BCUT2D eigenvalue weighted by molar-refractivity contribution is -0.174. The second kappa shape index (κ2) is 12.1. The summed E-state index contributed by atoms with van der Waals surface area (Å²) in [6, 6.07) is 0. The molecule has 4 aliphatic carbocycles. The van der Waals surface area contributed by atoms with Gasteiger partial charge < -0.3 is 15.5 Å². The first-order valence-electron chi connectivity index (χ1n) is 16.4. The maximum atomic E-state index is 12.6. The summed E-state index contributed by atoms with van der Waals surface area (Å²) >= 11 is 0. The Morgan fingerprint density at radius 1 is 0.923 bits per heavy atom. The third kappa shape index (κ3) is 6.30. The Bertz CT molecular complexity index is 866. The summed E-state index contributed by atoms with van der Waals surface area (Å²) in [4.78, 5) is 24.7. The van der Waals surface area contributed by atoms with E-state index in [0.717, 1.165) is 51.4 Å². The van der Waals surface area contributed by atoms with Crippen molar-refractivity contribution in [2.24, 2.45) is 51.8 Å². The van der Waals surface area contributed by atoms with Crippen molar-refractivity contribution in [3.05, 3.63) is 0 Å². The topological polar surface area (TPSA) is 86.6 Å². The summed E-state index contributed by atoms with van der Waals surface area (Å²) in [6.45, 7) is 13.8. The van der Waals surface area contributed by atoms with E-state index >= 15 is 0 Å². The monoisotopic (exact) mass is 545 g/mol. The van der Waals surface area contributed by atoms with Gasteiger partial charge in [0.1, 0.15) is 5.78 Å². The molecule has 0 aliphatic heterocycles. The number of rotatable bonds is 10. The average molecular weight is 546 g/mol. The van der Waals surface area contributed by atoms with Crippen LogP contribution in [0.3, 0.4) is 0 Å². The highest BCUT2D eigenvalue weighted by Gasteiger charge is 2.63. The Morgan fingerprint density at radius 3 is 2.38 bits per heavy atom. The van der Waals surface area contributed by atoms with Crippen LogP contribution in [-0.2, 0) is 9.59 Å². The number of ketones is 1. The van der Waals surface area contributed by atoms with Crippen molar-refractivity contribution >= 4 is 11.7 Å². The van der Waals surface area contributed by atoms with Crippen LogP contribution < -0.4 is 5.32 Å². The Kier molecular flexibility index (Phi) is 9.63. The second-order valence-electron chi connectivity index (χ2n) is 15.7. The summed E-state index contributed by atoms with van der Waals surface area (Å²) in [5, 5.41) is 25.2. The fourth-order valence-corrected chi connectivity index (χ4v) is 10.00. The van der Waals surface area contributed by atoms with Crippen molar-refractivity contribution < 1.29 is 19.8 Å². The van der Waals surface area contributed by atoms with Gasteiger partial charge in [-0.1, -0.05) is 48.0 Å². The summed E-state index contributed by atoms with van der Waals surface area (Å²) in [5.41, 5.74) is -0.0263. The van der Waals surface area contributed by atoms with Gasteiger partial charge in [0.05, 0.1) is 12.2 Å². The van der Waals surface area contributed by atoms with Gasteiger partial charge in [0, 0.05) is 24.8 Å². The number of aliphatic hydroxyl groups excluding tert-OH is 2. The van der Waals surface area contributed by atoms with Crippen LogP contribution in [0.15, 0.2) is 0 Å². The number of carbonyl (C=O) groups excluding carboxylic acids is 2. The minimum Gasteiger partial charge on any atom is -0.393 e. The van der Waals surface area contributed by atoms with E-state index < -0.39 is 0 Å². The lowest BCUT2D eigenvalue weighted by atomic mass is 9.43. The Balaban J connectivity index is 1.24. The van der Waals surface area contributed by atoms with E-state index in [9.17, 15) is 19.8 Å². The molecule has 5 nitrogen and oxygen atoms in total. The highest BCUT2D eigenvalue weighted by atomic mass is 16.3. The normalized spacial score (nSPS) is 40.8. The molecule has 224 valence electrons. The third-order valence-electron chi connectivity index (χ3n) is 12.6. The third-order valence-corrected chi connectivity index (χ3v) is 12.6. The smallest absolute Gasteiger partial charge is 0.220 e.